The van der Waals surface area contributed by atoms with Crippen molar-refractivity contribution >= 4 is 29.6 Å². The van der Waals surface area contributed by atoms with Gasteiger partial charge < -0.3 is 5.73 Å². The summed E-state index contributed by atoms with van der Waals surface area (Å²) in [6.45, 7) is 5.69. The number of amides is 4. The number of aliphatic imine (C=N–C) groups is 1. The summed E-state index contributed by atoms with van der Waals surface area (Å²) in [5.74, 6) is -0.348. The molecule has 1 saturated heterocycles. The fourth-order valence-electron chi connectivity index (χ4n) is 2.89. The molecule has 0 spiro atoms. The molecule has 1 atom stereocenters. The SMILES string of the molecule is C=CCn1c(C)c[n+]2c1N=C1C2C(=O)N(CC(N)=O)C(=O)N1C. The van der Waals surface area contributed by atoms with Crippen molar-refractivity contribution in [2.24, 2.45) is 10.7 Å². The van der Waals surface area contributed by atoms with E-state index >= 15 is 0 Å². The minimum atomic E-state index is -0.767. The van der Waals surface area contributed by atoms with E-state index in [1.165, 1.54) is 11.9 Å². The molecule has 9 heteroatoms. The molecule has 0 saturated carbocycles. The molecule has 0 aromatic carbocycles. The van der Waals surface area contributed by atoms with Gasteiger partial charge in [-0.1, -0.05) is 17.6 Å². The fraction of sp³-hybridized carbons (Fsp3) is 0.357. The maximum absolute atomic E-state index is 12.7. The summed E-state index contributed by atoms with van der Waals surface area (Å²) in [4.78, 5) is 42.7. The molecular weight excluding hydrogens is 300 g/mol. The first kappa shape index (κ1) is 14.9. The number of imide groups is 1. The topological polar surface area (TPSA) is 105 Å². The Kier molecular flexibility index (Phi) is 3.28. The van der Waals surface area contributed by atoms with Gasteiger partial charge in [0.1, 0.15) is 18.4 Å². The third-order valence-corrected chi connectivity index (χ3v) is 3.95. The van der Waals surface area contributed by atoms with Crippen LogP contribution in [0.1, 0.15) is 11.7 Å². The number of nitrogens with zero attached hydrogens (tertiary/aromatic N) is 5. The molecule has 9 nitrogen and oxygen atoms in total. The number of carbonyl (C=O) groups excluding carboxylic acids is 3. The number of fused-ring (bicyclic) bond motifs is 3. The van der Waals surface area contributed by atoms with E-state index < -0.39 is 30.4 Å². The molecule has 0 radical (unpaired) electrons. The van der Waals surface area contributed by atoms with Gasteiger partial charge in [0.05, 0.1) is 6.54 Å². The quantitative estimate of drug-likeness (QED) is 0.582. The monoisotopic (exact) mass is 317 g/mol. The normalized spacial score (nSPS) is 19.6. The van der Waals surface area contributed by atoms with Crippen LogP contribution < -0.4 is 10.3 Å². The van der Waals surface area contributed by atoms with Gasteiger partial charge in [0, 0.05) is 7.05 Å². The standard InChI is InChI=1S/C14H16N6O3/c1-4-5-18-8(2)6-19-10-11(16-13(18)19)17(3)14(23)20(12(10)22)7-9(15)21/h4,6,10H,1,5,7H2,2-3H3,(H-,15,21)/p+1. The average molecular weight is 317 g/mol. The Morgan fingerprint density at radius 2 is 2.22 bits per heavy atom. The lowest BCUT2D eigenvalue weighted by Crippen LogP contribution is -2.63. The largest absolute Gasteiger partial charge is 0.402 e. The molecule has 1 fully saturated rings. The van der Waals surface area contributed by atoms with Crippen LogP contribution in [-0.4, -0.2) is 51.6 Å². The van der Waals surface area contributed by atoms with E-state index in [4.69, 9.17) is 5.73 Å². The first-order chi connectivity index (χ1) is 10.9. The Morgan fingerprint density at radius 1 is 1.52 bits per heavy atom. The molecule has 1 unspecified atom stereocenters. The van der Waals surface area contributed by atoms with Crippen LogP contribution in [0, 0.1) is 6.92 Å². The zero-order valence-corrected chi connectivity index (χ0v) is 12.9. The van der Waals surface area contributed by atoms with Gasteiger partial charge in [-0.2, -0.15) is 0 Å². The number of hydrogen-bond donors (Lipinski definition) is 1. The number of primary amides is 1. The molecular formula is C14H17N6O3+. The highest BCUT2D eigenvalue weighted by Gasteiger charge is 2.53. The van der Waals surface area contributed by atoms with Gasteiger partial charge in [0.25, 0.3) is 5.91 Å². The highest BCUT2D eigenvalue weighted by molar-refractivity contribution is 6.19. The van der Waals surface area contributed by atoms with Crippen molar-refractivity contribution in [3.63, 3.8) is 0 Å². The van der Waals surface area contributed by atoms with E-state index in [0.29, 0.717) is 18.3 Å². The molecule has 3 heterocycles. The number of aromatic nitrogens is 2. The number of rotatable bonds is 4. The van der Waals surface area contributed by atoms with Crippen molar-refractivity contribution in [3.05, 3.63) is 24.5 Å². The van der Waals surface area contributed by atoms with Crippen LogP contribution in [0.25, 0.3) is 0 Å². The summed E-state index contributed by atoms with van der Waals surface area (Å²) < 4.78 is 3.59. The van der Waals surface area contributed by atoms with Crippen LogP contribution in [0.15, 0.2) is 23.8 Å². The summed E-state index contributed by atoms with van der Waals surface area (Å²) in [5, 5.41) is 0. The van der Waals surface area contributed by atoms with E-state index in [9.17, 15) is 14.4 Å². The van der Waals surface area contributed by atoms with E-state index in [1.807, 2.05) is 11.5 Å². The van der Waals surface area contributed by atoms with Gasteiger partial charge >= 0.3 is 12.0 Å². The second-order valence-electron chi connectivity index (χ2n) is 5.48. The van der Waals surface area contributed by atoms with Gasteiger partial charge in [0.2, 0.25) is 17.8 Å². The predicted molar refractivity (Wildman–Crippen MR) is 79.8 cm³/mol. The molecule has 2 aliphatic heterocycles. The number of nitrogens with two attached hydrogens (primary N) is 1. The number of hydrogen-bond acceptors (Lipinski definition) is 4. The van der Waals surface area contributed by atoms with Crippen molar-refractivity contribution in [1.29, 1.82) is 0 Å². The van der Waals surface area contributed by atoms with Crippen LogP contribution in [0.3, 0.4) is 0 Å². The van der Waals surface area contributed by atoms with Crippen LogP contribution in [-0.2, 0) is 16.1 Å². The smallest absolute Gasteiger partial charge is 0.368 e. The van der Waals surface area contributed by atoms with Crippen LogP contribution in [0.5, 0.6) is 0 Å². The minimum absolute atomic E-state index is 0.341. The number of amidine groups is 1. The van der Waals surface area contributed by atoms with Crippen molar-refractivity contribution < 1.29 is 19.0 Å². The highest BCUT2D eigenvalue weighted by Crippen LogP contribution is 2.28. The van der Waals surface area contributed by atoms with Crippen molar-refractivity contribution in [3.8, 4) is 0 Å². The predicted octanol–water partition coefficient (Wildman–Crippen LogP) is -0.766. The third kappa shape index (κ3) is 2.04. The van der Waals surface area contributed by atoms with Gasteiger partial charge in [-0.3, -0.25) is 19.4 Å². The molecule has 1 aromatic heterocycles. The van der Waals surface area contributed by atoms with E-state index in [1.54, 1.807) is 16.8 Å². The minimum Gasteiger partial charge on any atom is -0.368 e. The van der Waals surface area contributed by atoms with Gasteiger partial charge in [-0.25, -0.2) is 13.9 Å². The molecule has 120 valence electrons. The van der Waals surface area contributed by atoms with Gasteiger partial charge in [-0.15, -0.1) is 0 Å². The molecule has 4 amide bonds. The van der Waals surface area contributed by atoms with Crippen molar-refractivity contribution in [2.75, 3.05) is 13.6 Å². The molecule has 3 rings (SSSR count). The Hall–Kier alpha value is -2.97. The van der Waals surface area contributed by atoms with Crippen molar-refractivity contribution in [1.82, 2.24) is 14.4 Å². The number of aryl methyl sites for hydroxylation is 1. The number of carbonyl (C=O) groups is 3. The lowest BCUT2D eigenvalue weighted by Gasteiger charge is -2.32. The zero-order chi connectivity index (χ0) is 16.9. The molecule has 2 N–H and O–H groups in total. The number of allylic oxidation sites excluding steroid dienone is 1. The molecule has 0 bridgehead atoms. The van der Waals surface area contributed by atoms with Crippen molar-refractivity contribution in [2.45, 2.75) is 19.5 Å². The fourth-order valence-corrected chi connectivity index (χ4v) is 2.89. The summed E-state index contributed by atoms with van der Waals surface area (Å²) in [7, 11) is 1.52. The van der Waals surface area contributed by atoms with Crippen LogP contribution >= 0.6 is 0 Å². The number of likely N-dealkylation sites (N-methyl/N-ethyl adjacent to an activating group) is 1. The zero-order valence-electron chi connectivity index (χ0n) is 12.9. The van der Waals surface area contributed by atoms with Gasteiger partial charge in [-0.05, 0) is 6.92 Å². The maximum atomic E-state index is 12.7. The third-order valence-electron chi connectivity index (χ3n) is 3.95. The maximum Gasteiger partial charge on any atom is 0.402 e. The Morgan fingerprint density at radius 3 is 2.83 bits per heavy atom. The average Bonchev–Trinajstić information content (AvgIpc) is 2.98. The lowest BCUT2D eigenvalue weighted by molar-refractivity contribution is -0.677. The summed E-state index contributed by atoms with van der Waals surface area (Å²) >= 11 is 0. The first-order valence-corrected chi connectivity index (χ1v) is 7.05. The number of imidazole rings is 1. The van der Waals surface area contributed by atoms with E-state index in [2.05, 4.69) is 11.6 Å². The van der Waals surface area contributed by atoms with Crippen LogP contribution in [0.4, 0.5) is 10.7 Å². The Balaban J connectivity index is 2.09. The Labute approximate surface area is 132 Å². The first-order valence-electron chi connectivity index (χ1n) is 7.05. The van der Waals surface area contributed by atoms with Crippen LogP contribution in [0.2, 0.25) is 0 Å². The lowest BCUT2D eigenvalue weighted by atomic mass is 10.1. The number of urea groups is 1. The molecule has 23 heavy (non-hydrogen) atoms. The molecule has 2 aliphatic rings. The molecule has 1 aromatic rings. The highest BCUT2D eigenvalue weighted by atomic mass is 16.2. The van der Waals surface area contributed by atoms with E-state index in [-0.39, 0.29) is 0 Å². The van der Waals surface area contributed by atoms with E-state index in [0.717, 1.165) is 10.6 Å². The second kappa shape index (κ2) is 5.04. The summed E-state index contributed by atoms with van der Waals surface area (Å²) in [6.07, 6.45) is 3.52. The summed E-state index contributed by atoms with van der Waals surface area (Å²) in [6, 6.07) is -1.38. The second-order valence-corrected chi connectivity index (χ2v) is 5.48. The molecule has 0 aliphatic carbocycles. The van der Waals surface area contributed by atoms with Gasteiger partial charge in [0.15, 0.2) is 0 Å². The Bertz CT molecular complexity index is 778. The summed E-state index contributed by atoms with van der Waals surface area (Å²) in [5.41, 5.74) is 6.05.